The van der Waals surface area contributed by atoms with Crippen LogP contribution in [-0.2, 0) is 12.8 Å². The molecular formula is C12H13N5O. The van der Waals surface area contributed by atoms with E-state index in [0.717, 1.165) is 18.5 Å². The van der Waals surface area contributed by atoms with Crippen molar-refractivity contribution in [2.75, 3.05) is 5.32 Å². The maximum atomic E-state index is 11.9. The molecule has 0 unspecified atom stereocenters. The van der Waals surface area contributed by atoms with E-state index in [9.17, 15) is 4.79 Å². The minimum Gasteiger partial charge on any atom is -0.319 e. The molecule has 3 rings (SSSR count). The summed E-state index contributed by atoms with van der Waals surface area (Å²) >= 11 is 0. The molecule has 0 radical (unpaired) electrons. The summed E-state index contributed by atoms with van der Waals surface area (Å²) in [6, 6.07) is 6.01. The predicted molar refractivity (Wildman–Crippen MR) is 65.2 cm³/mol. The van der Waals surface area contributed by atoms with Crippen molar-refractivity contribution in [2.24, 2.45) is 0 Å². The summed E-state index contributed by atoms with van der Waals surface area (Å²) in [5.74, 6) is -0.272. The maximum absolute atomic E-state index is 11.9. The zero-order chi connectivity index (χ0) is 12.4. The van der Waals surface area contributed by atoms with Crippen LogP contribution < -0.4 is 5.32 Å². The molecule has 0 fully saturated rings. The number of benzene rings is 1. The molecule has 2 aromatic rings. The highest BCUT2D eigenvalue weighted by Crippen LogP contribution is 2.27. The van der Waals surface area contributed by atoms with Crippen LogP contribution in [-0.4, -0.2) is 26.5 Å². The van der Waals surface area contributed by atoms with Crippen LogP contribution in [0.1, 0.15) is 34.6 Å². The fourth-order valence-corrected chi connectivity index (χ4v) is 2.33. The third kappa shape index (κ3) is 1.97. The second-order valence-corrected chi connectivity index (χ2v) is 4.34. The van der Waals surface area contributed by atoms with E-state index in [-0.39, 0.29) is 11.7 Å². The first-order valence-corrected chi connectivity index (χ1v) is 6.00. The SMILES string of the molecule is O=C(Nc1cccc2c1CCCC2)c1nn[nH]n1. The summed E-state index contributed by atoms with van der Waals surface area (Å²) in [7, 11) is 0. The van der Waals surface area contributed by atoms with Crippen molar-refractivity contribution >= 4 is 11.6 Å². The largest absolute Gasteiger partial charge is 0.319 e. The molecule has 0 saturated carbocycles. The van der Waals surface area contributed by atoms with Gasteiger partial charge in [0, 0.05) is 5.69 Å². The van der Waals surface area contributed by atoms with Gasteiger partial charge in [-0.25, -0.2) is 0 Å². The van der Waals surface area contributed by atoms with Crippen molar-refractivity contribution in [1.82, 2.24) is 20.6 Å². The Bertz CT molecular complexity index is 564. The number of nitrogens with zero attached hydrogens (tertiary/aromatic N) is 3. The molecule has 1 aliphatic rings. The maximum Gasteiger partial charge on any atom is 0.297 e. The molecule has 0 atom stereocenters. The van der Waals surface area contributed by atoms with Crippen LogP contribution in [0.3, 0.4) is 0 Å². The van der Waals surface area contributed by atoms with Crippen LogP contribution in [0.25, 0.3) is 0 Å². The van der Waals surface area contributed by atoms with Crippen molar-refractivity contribution in [2.45, 2.75) is 25.7 Å². The zero-order valence-electron chi connectivity index (χ0n) is 9.81. The minimum atomic E-state index is -0.331. The summed E-state index contributed by atoms with van der Waals surface area (Å²) in [6.07, 6.45) is 4.48. The highest BCUT2D eigenvalue weighted by atomic mass is 16.2. The minimum absolute atomic E-state index is 0.0587. The quantitative estimate of drug-likeness (QED) is 0.833. The van der Waals surface area contributed by atoms with E-state index in [1.165, 1.54) is 24.0 Å². The fourth-order valence-electron chi connectivity index (χ4n) is 2.33. The zero-order valence-corrected chi connectivity index (χ0v) is 9.81. The number of hydrogen-bond acceptors (Lipinski definition) is 4. The molecular weight excluding hydrogens is 230 g/mol. The number of carbonyl (C=O) groups excluding carboxylic acids is 1. The predicted octanol–water partition coefficient (Wildman–Crippen LogP) is 1.33. The number of anilines is 1. The van der Waals surface area contributed by atoms with Gasteiger partial charge in [-0.1, -0.05) is 12.1 Å². The molecule has 1 aromatic carbocycles. The molecule has 18 heavy (non-hydrogen) atoms. The first kappa shape index (κ1) is 10.9. The number of tetrazole rings is 1. The Morgan fingerprint density at radius 1 is 1.28 bits per heavy atom. The normalized spacial score (nSPS) is 14.0. The smallest absolute Gasteiger partial charge is 0.297 e. The fraction of sp³-hybridized carbons (Fsp3) is 0.333. The topological polar surface area (TPSA) is 83.6 Å². The van der Waals surface area contributed by atoms with Crippen molar-refractivity contribution < 1.29 is 4.79 Å². The van der Waals surface area contributed by atoms with Crippen molar-refractivity contribution in [1.29, 1.82) is 0 Å². The number of amides is 1. The average Bonchev–Trinajstić information content (AvgIpc) is 2.93. The summed E-state index contributed by atoms with van der Waals surface area (Å²) in [6.45, 7) is 0. The van der Waals surface area contributed by atoms with E-state index >= 15 is 0 Å². The Balaban J connectivity index is 1.87. The number of fused-ring (bicyclic) bond motifs is 1. The van der Waals surface area contributed by atoms with Crippen molar-refractivity contribution in [3.05, 3.63) is 35.2 Å². The van der Waals surface area contributed by atoms with Gasteiger partial charge in [0.15, 0.2) is 0 Å². The van der Waals surface area contributed by atoms with Gasteiger partial charge in [-0.15, -0.1) is 10.2 Å². The second kappa shape index (κ2) is 4.56. The van der Waals surface area contributed by atoms with Gasteiger partial charge in [-0.05, 0) is 48.1 Å². The second-order valence-electron chi connectivity index (χ2n) is 4.34. The van der Waals surface area contributed by atoms with Crippen LogP contribution in [0.2, 0.25) is 0 Å². The molecule has 1 heterocycles. The number of aromatic nitrogens is 4. The molecule has 0 saturated heterocycles. The lowest BCUT2D eigenvalue weighted by molar-refractivity contribution is 0.101. The highest BCUT2D eigenvalue weighted by molar-refractivity contribution is 6.01. The van der Waals surface area contributed by atoms with Crippen molar-refractivity contribution in [3.63, 3.8) is 0 Å². The average molecular weight is 243 g/mol. The number of H-pyrrole nitrogens is 1. The number of carbonyl (C=O) groups is 1. The Kier molecular flexibility index (Phi) is 2.76. The molecule has 0 aliphatic heterocycles. The summed E-state index contributed by atoms with van der Waals surface area (Å²) in [4.78, 5) is 11.9. The van der Waals surface area contributed by atoms with Gasteiger partial charge in [0.25, 0.3) is 11.7 Å². The van der Waals surface area contributed by atoms with E-state index in [4.69, 9.17) is 0 Å². The molecule has 1 aliphatic carbocycles. The van der Waals surface area contributed by atoms with Crippen LogP contribution >= 0.6 is 0 Å². The van der Waals surface area contributed by atoms with Gasteiger partial charge in [0.2, 0.25) is 0 Å². The number of rotatable bonds is 2. The van der Waals surface area contributed by atoms with E-state index in [2.05, 4.69) is 32.0 Å². The van der Waals surface area contributed by atoms with E-state index < -0.39 is 0 Å². The van der Waals surface area contributed by atoms with Crippen molar-refractivity contribution in [3.8, 4) is 0 Å². The number of nitrogens with one attached hydrogen (secondary N) is 2. The number of aryl methyl sites for hydroxylation is 1. The Morgan fingerprint density at radius 2 is 2.17 bits per heavy atom. The van der Waals surface area contributed by atoms with Crippen LogP contribution in [0.4, 0.5) is 5.69 Å². The molecule has 0 bridgehead atoms. The lowest BCUT2D eigenvalue weighted by Crippen LogP contribution is -2.16. The summed E-state index contributed by atoms with van der Waals surface area (Å²) in [5.41, 5.74) is 3.43. The number of aromatic amines is 1. The number of hydrogen-bond donors (Lipinski definition) is 2. The summed E-state index contributed by atoms with van der Waals surface area (Å²) < 4.78 is 0. The molecule has 6 nitrogen and oxygen atoms in total. The van der Waals surface area contributed by atoms with E-state index in [1.807, 2.05) is 12.1 Å². The van der Waals surface area contributed by atoms with Crippen LogP contribution in [0.15, 0.2) is 18.2 Å². The highest BCUT2D eigenvalue weighted by Gasteiger charge is 2.16. The van der Waals surface area contributed by atoms with Crippen LogP contribution in [0.5, 0.6) is 0 Å². The van der Waals surface area contributed by atoms with Gasteiger partial charge in [0.05, 0.1) is 0 Å². The summed E-state index contributed by atoms with van der Waals surface area (Å²) in [5, 5.41) is 15.8. The molecule has 6 heteroatoms. The van der Waals surface area contributed by atoms with Gasteiger partial charge in [-0.2, -0.15) is 5.21 Å². The Morgan fingerprint density at radius 3 is 3.00 bits per heavy atom. The molecule has 1 amide bonds. The van der Waals surface area contributed by atoms with E-state index in [1.54, 1.807) is 0 Å². The lowest BCUT2D eigenvalue weighted by Gasteiger charge is -2.19. The first-order valence-electron chi connectivity index (χ1n) is 6.00. The van der Waals surface area contributed by atoms with Gasteiger partial charge in [0.1, 0.15) is 0 Å². The standard InChI is InChI=1S/C12H13N5O/c18-12(11-14-16-17-15-11)13-10-7-3-5-8-4-1-2-6-9(8)10/h3,5,7H,1-2,4,6H2,(H,13,18)(H,14,15,16,17). The Labute approximate surface area is 104 Å². The van der Waals surface area contributed by atoms with Gasteiger partial charge < -0.3 is 5.32 Å². The third-order valence-corrected chi connectivity index (χ3v) is 3.19. The Hall–Kier alpha value is -2.24. The molecule has 2 N–H and O–H groups in total. The third-order valence-electron chi connectivity index (χ3n) is 3.19. The molecule has 0 spiro atoms. The van der Waals surface area contributed by atoms with Gasteiger partial charge in [-0.3, -0.25) is 4.79 Å². The van der Waals surface area contributed by atoms with E-state index in [0.29, 0.717) is 0 Å². The van der Waals surface area contributed by atoms with Crippen LogP contribution in [0, 0.1) is 0 Å². The lowest BCUT2D eigenvalue weighted by atomic mass is 9.90. The monoisotopic (exact) mass is 243 g/mol. The molecule has 1 aromatic heterocycles. The molecule has 92 valence electrons. The van der Waals surface area contributed by atoms with Gasteiger partial charge >= 0.3 is 0 Å². The first-order chi connectivity index (χ1) is 8.84.